The van der Waals surface area contributed by atoms with Gasteiger partial charge in [-0.25, -0.2) is 4.79 Å². The van der Waals surface area contributed by atoms with Gasteiger partial charge in [-0.3, -0.25) is 9.36 Å². The number of carbonyl (C=O) groups excluding carboxylic acids is 1. The molecular formula is C21H21NO5S2. The molecule has 4 rings (SSSR count). The van der Waals surface area contributed by atoms with Crippen molar-refractivity contribution in [1.29, 1.82) is 0 Å². The van der Waals surface area contributed by atoms with E-state index in [1.54, 1.807) is 19.2 Å². The number of fused-ring (bicyclic) bond motifs is 1. The van der Waals surface area contributed by atoms with Gasteiger partial charge in [-0.2, -0.15) is 0 Å². The summed E-state index contributed by atoms with van der Waals surface area (Å²) >= 11 is 3.82. The predicted molar refractivity (Wildman–Crippen MR) is 116 cm³/mol. The molecule has 29 heavy (non-hydrogen) atoms. The number of thioether (sulfide) groups is 2. The minimum atomic E-state index is -0.417. The molecule has 2 heterocycles. The van der Waals surface area contributed by atoms with Crippen LogP contribution in [0.5, 0.6) is 11.5 Å². The minimum absolute atomic E-state index is 0.186. The van der Waals surface area contributed by atoms with Crippen LogP contribution in [0.3, 0.4) is 0 Å². The summed E-state index contributed by atoms with van der Waals surface area (Å²) in [6.07, 6.45) is 0.656. The van der Waals surface area contributed by atoms with Crippen LogP contribution in [0, 0.1) is 0 Å². The Morgan fingerprint density at radius 1 is 1.17 bits per heavy atom. The molecule has 0 aliphatic carbocycles. The fourth-order valence-corrected chi connectivity index (χ4v) is 6.09. The molecule has 6 nitrogen and oxygen atoms in total. The number of ether oxygens (including phenoxy) is 2. The molecule has 0 saturated carbocycles. The van der Waals surface area contributed by atoms with Crippen molar-refractivity contribution >= 4 is 40.6 Å². The van der Waals surface area contributed by atoms with Crippen LogP contribution in [0.25, 0.3) is 11.1 Å². The average Bonchev–Trinajstić information content (AvgIpc) is 3.37. The van der Waals surface area contributed by atoms with Crippen molar-refractivity contribution in [2.24, 2.45) is 0 Å². The largest absolute Gasteiger partial charge is 0.493 e. The molecule has 1 fully saturated rings. The molecule has 0 N–H and O–H groups in total. The molecule has 1 aromatic heterocycles. The van der Waals surface area contributed by atoms with Gasteiger partial charge >= 0.3 is 11.7 Å². The smallest absolute Gasteiger partial charge is 0.419 e. The highest BCUT2D eigenvalue weighted by atomic mass is 32.2. The van der Waals surface area contributed by atoms with Gasteiger partial charge in [0.05, 0.1) is 17.2 Å². The van der Waals surface area contributed by atoms with Crippen molar-refractivity contribution in [1.82, 2.24) is 4.57 Å². The van der Waals surface area contributed by atoms with Crippen molar-refractivity contribution in [3.05, 3.63) is 58.6 Å². The number of esters is 1. The summed E-state index contributed by atoms with van der Waals surface area (Å²) < 4.78 is 18.1. The van der Waals surface area contributed by atoms with Crippen LogP contribution in [0.4, 0.5) is 0 Å². The van der Waals surface area contributed by atoms with E-state index < -0.39 is 5.76 Å². The first-order chi connectivity index (χ1) is 14.2. The zero-order valence-electron chi connectivity index (χ0n) is 16.0. The van der Waals surface area contributed by atoms with Gasteiger partial charge in [0, 0.05) is 24.5 Å². The maximum Gasteiger partial charge on any atom is 0.419 e. The highest BCUT2D eigenvalue weighted by molar-refractivity contribution is 8.19. The van der Waals surface area contributed by atoms with Gasteiger partial charge in [0.15, 0.2) is 17.1 Å². The lowest BCUT2D eigenvalue weighted by molar-refractivity contribution is -0.134. The van der Waals surface area contributed by atoms with Gasteiger partial charge in [0.25, 0.3) is 0 Å². The summed E-state index contributed by atoms with van der Waals surface area (Å²) in [5.74, 6) is 2.48. The number of hydrogen-bond donors (Lipinski definition) is 0. The summed E-state index contributed by atoms with van der Waals surface area (Å²) in [6, 6.07) is 13.0. The van der Waals surface area contributed by atoms with E-state index in [1.165, 1.54) is 10.1 Å². The van der Waals surface area contributed by atoms with Crippen molar-refractivity contribution in [3.8, 4) is 11.5 Å². The SMILES string of the molecule is COc1cc(C2SCCS2)ccc1OC(=O)CCCn1c(=O)oc2ccccc21. The molecule has 0 unspecified atom stereocenters. The normalized spacial score (nSPS) is 14.4. The fourth-order valence-electron chi connectivity index (χ4n) is 3.25. The van der Waals surface area contributed by atoms with Crippen molar-refractivity contribution in [2.45, 2.75) is 24.0 Å². The second-order valence-electron chi connectivity index (χ2n) is 6.55. The summed E-state index contributed by atoms with van der Waals surface area (Å²) in [5.41, 5.74) is 2.44. The lowest BCUT2D eigenvalue weighted by atomic mass is 10.2. The van der Waals surface area contributed by atoms with E-state index in [1.807, 2.05) is 53.9 Å². The number of hydrogen-bond acceptors (Lipinski definition) is 7. The highest BCUT2D eigenvalue weighted by Crippen LogP contribution is 2.46. The summed E-state index contributed by atoms with van der Waals surface area (Å²) in [6.45, 7) is 0.386. The van der Waals surface area contributed by atoms with Crippen molar-refractivity contribution < 1.29 is 18.7 Å². The minimum Gasteiger partial charge on any atom is -0.493 e. The quantitative estimate of drug-likeness (QED) is 0.404. The van der Waals surface area contributed by atoms with E-state index in [9.17, 15) is 9.59 Å². The topological polar surface area (TPSA) is 70.7 Å². The number of aromatic nitrogens is 1. The lowest BCUT2D eigenvalue weighted by Gasteiger charge is -2.13. The predicted octanol–water partition coefficient (Wildman–Crippen LogP) is 4.47. The van der Waals surface area contributed by atoms with Gasteiger partial charge < -0.3 is 13.9 Å². The Bertz CT molecular complexity index is 1070. The number of oxazole rings is 1. The molecule has 1 aliphatic heterocycles. The molecule has 0 atom stereocenters. The number of methoxy groups -OCH3 is 1. The summed E-state index contributed by atoms with van der Waals surface area (Å²) in [7, 11) is 1.57. The number of benzene rings is 2. The van der Waals surface area contributed by atoms with Crippen LogP contribution < -0.4 is 15.2 Å². The molecule has 0 bridgehead atoms. The zero-order chi connectivity index (χ0) is 20.2. The van der Waals surface area contributed by atoms with Gasteiger partial charge in [-0.15, -0.1) is 23.5 Å². The molecule has 2 aromatic carbocycles. The van der Waals surface area contributed by atoms with Crippen LogP contribution in [0.15, 0.2) is 51.7 Å². The first-order valence-corrected chi connectivity index (χ1v) is 11.5. The monoisotopic (exact) mass is 431 g/mol. The first kappa shape index (κ1) is 20.0. The van der Waals surface area contributed by atoms with E-state index in [0.717, 1.165) is 17.0 Å². The third-order valence-electron chi connectivity index (χ3n) is 4.64. The van der Waals surface area contributed by atoms with E-state index in [2.05, 4.69) is 0 Å². The summed E-state index contributed by atoms with van der Waals surface area (Å²) in [5, 5.41) is 0. The third kappa shape index (κ3) is 4.48. The van der Waals surface area contributed by atoms with Crippen molar-refractivity contribution in [2.75, 3.05) is 18.6 Å². The molecule has 0 spiro atoms. The molecule has 3 aromatic rings. The molecule has 0 radical (unpaired) electrons. The highest BCUT2D eigenvalue weighted by Gasteiger charge is 2.20. The van der Waals surface area contributed by atoms with Crippen molar-refractivity contribution in [3.63, 3.8) is 0 Å². The van der Waals surface area contributed by atoms with Gasteiger partial charge in [0.2, 0.25) is 0 Å². The van der Waals surface area contributed by atoms with Crippen LogP contribution in [0.2, 0.25) is 0 Å². The van der Waals surface area contributed by atoms with Gasteiger partial charge in [-0.05, 0) is 36.2 Å². The zero-order valence-corrected chi connectivity index (χ0v) is 17.6. The molecule has 8 heteroatoms. The van der Waals surface area contributed by atoms with Crippen LogP contribution in [0.1, 0.15) is 23.0 Å². The second kappa shape index (κ2) is 9.00. The molecule has 152 valence electrons. The Hall–Kier alpha value is -2.32. The van der Waals surface area contributed by atoms with Crippen LogP contribution >= 0.6 is 23.5 Å². The molecular weight excluding hydrogens is 410 g/mol. The van der Waals surface area contributed by atoms with E-state index in [0.29, 0.717) is 34.6 Å². The molecule has 1 aliphatic rings. The maximum absolute atomic E-state index is 12.3. The first-order valence-electron chi connectivity index (χ1n) is 9.36. The Morgan fingerprint density at radius 3 is 2.76 bits per heavy atom. The fraction of sp³-hybridized carbons (Fsp3) is 0.333. The van der Waals surface area contributed by atoms with Crippen LogP contribution in [-0.4, -0.2) is 29.2 Å². The number of aryl methyl sites for hydroxylation is 1. The standard InChI is InChI=1S/C21H21NO5S2/c1-25-18-13-14(20-28-11-12-29-20)8-9-17(18)26-19(23)7-4-10-22-15-5-2-3-6-16(15)27-21(22)24/h2-3,5-6,8-9,13,20H,4,7,10-12H2,1H3. The van der Waals surface area contributed by atoms with E-state index in [-0.39, 0.29) is 12.4 Å². The Morgan fingerprint density at radius 2 is 1.97 bits per heavy atom. The van der Waals surface area contributed by atoms with E-state index in [4.69, 9.17) is 13.9 Å². The van der Waals surface area contributed by atoms with Crippen LogP contribution in [-0.2, 0) is 11.3 Å². The lowest BCUT2D eigenvalue weighted by Crippen LogP contribution is -2.16. The molecule has 0 amide bonds. The average molecular weight is 432 g/mol. The summed E-state index contributed by atoms with van der Waals surface area (Å²) in [4.78, 5) is 24.3. The van der Waals surface area contributed by atoms with Gasteiger partial charge in [-0.1, -0.05) is 18.2 Å². The molecule has 1 saturated heterocycles. The Kier molecular flexibility index (Phi) is 6.20. The second-order valence-corrected chi connectivity index (χ2v) is 9.27. The van der Waals surface area contributed by atoms with Gasteiger partial charge in [0.1, 0.15) is 0 Å². The third-order valence-corrected chi connectivity index (χ3v) is 7.75. The Labute approximate surface area is 176 Å². The van der Waals surface area contributed by atoms with E-state index >= 15 is 0 Å². The Balaban J connectivity index is 1.37. The number of carbonyl (C=O) groups is 1. The number of nitrogens with zero attached hydrogens (tertiary/aromatic N) is 1. The number of para-hydroxylation sites is 2. The maximum atomic E-state index is 12.3. The number of rotatable bonds is 7.